The third-order valence-corrected chi connectivity index (χ3v) is 4.31. The molecule has 1 aliphatic heterocycles. The number of methoxy groups -OCH3 is 1. The minimum atomic E-state index is -1.26. The Bertz CT molecular complexity index is 801. The number of nitrogens with zero attached hydrogens (tertiary/aromatic N) is 3. The molecule has 0 aliphatic carbocycles. The Morgan fingerprint density at radius 3 is 2.44 bits per heavy atom. The van der Waals surface area contributed by atoms with Crippen LogP contribution in [0.25, 0.3) is 0 Å². The number of rotatable bonds is 7. The van der Waals surface area contributed by atoms with Gasteiger partial charge < -0.3 is 24.3 Å². The molecule has 0 radical (unpaired) electrons. The molecule has 1 heterocycles. The number of carboxylic acid groups (broad SMARTS) is 1. The summed E-state index contributed by atoms with van der Waals surface area (Å²) in [6.45, 7) is 2.73. The van der Waals surface area contributed by atoms with Crippen LogP contribution in [0.15, 0.2) is 53.6 Å². The molecule has 0 saturated carbocycles. The smallest absolute Gasteiger partial charge is 0.142 e. The molecular weight excluding hydrogens is 346 g/mol. The maximum atomic E-state index is 10.6. The second-order valence-electron chi connectivity index (χ2n) is 6.06. The number of piperazine rings is 1. The van der Waals surface area contributed by atoms with Crippen LogP contribution in [0.2, 0.25) is 0 Å². The lowest BCUT2D eigenvalue weighted by Gasteiger charge is -2.35. The summed E-state index contributed by atoms with van der Waals surface area (Å²) in [6, 6.07) is 15.2. The van der Waals surface area contributed by atoms with Crippen molar-refractivity contribution >= 4 is 17.9 Å². The molecule has 7 nitrogen and oxygen atoms in total. The van der Waals surface area contributed by atoms with Crippen LogP contribution in [0.3, 0.4) is 0 Å². The van der Waals surface area contributed by atoms with Gasteiger partial charge in [-0.15, -0.1) is 0 Å². The molecule has 142 valence electrons. The summed E-state index contributed by atoms with van der Waals surface area (Å²) in [5.41, 5.74) is 1.82. The zero-order valence-corrected chi connectivity index (χ0v) is 15.2. The van der Waals surface area contributed by atoms with Crippen LogP contribution < -0.4 is 19.5 Å². The molecule has 3 rings (SSSR count). The third kappa shape index (κ3) is 4.91. The first kappa shape index (κ1) is 18.6. The van der Waals surface area contributed by atoms with Gasteiger partial charge >= 0.3 is 0 Å². The fourth-order valence-corrected chi connectivity index (χ4v) is 2.94. The van der Waals surface area contributed by atoms with Gasteiger partial charge in [-0.1, -0.05) is 24.3 Å². The average molecular weight is 368 g/mol. The summed E-state index contributed by atoms with van der Waals surface area (Å²) in [7, 11) is 1.68. The number of hydrazone groups is 1. The van der Waals surface area contributed by atoms with Crippen molar-refractivity contribution in [2.45, 2.75) is 0 Å². The van der Waals surface area contributed by atoms with Crippen LogP contribution in [0.1, 0.15) is 5.56 Å². The van der Waals surface area contributed by atoms with Gasteiger partial charge in [-0.25, -0.2) is 0 Å². The van der Waals surface area contributed by atoms with E-state index in [0.29, 0.717) is 5.75 Å². The number of para-hydroxylation sites is 3. The monoisotopic (exact) mass is 368 g/mol. The van der Waals surface area contributed by atoms with E-state index in [0.717, 1.165) is 43.2 Å². The number of hydrogen-bond donors (Lipinski definition) is 0. The van der Waals surface area contributed by atoms with Crippen LogP contribution in [0, 0.1) is 0 Å². The fourth-order valence-electron chi connectivity index (χ4n) is 2.94. The van der Waals surface area contributed by atoms with E-state index in [1.807, 2.05) is 35.3 Å². The number of benzene rings is 2. The molecule has 7 heteroatoms. The van der Waals surface area contributed by atoms with E-state index >= 15 is 0 Å². The van der Waals surface area contributed by atoms with Crippen LogP contribution in [0.4, 0.5) is 5.69 Å². The van der Waals surface area contributed by atoms with Crippen molar-refractivity contribution in [2.75, 3.05) is 44.8 Å². The molecule has 0 bridgehead atoms. The minimum Gasteiger partial charge on any atom is -0.546 e. The van der Waals surface area contributed by atoms with Gasteiger partial charge in [0.1, 0.15) is 18.1 Å². The summed E-state index contributed by atoms with van der Waals surface area (Å²) in [4.78, 5) is 12.9. The van der Waals surface area contributed by atoms with Gasteiger partial charge in [-0.2, -0.15) is 5.10 Å². The molecule has 0 atom stereocenters. The van der Waals surface area contributed by atoms with Gasteiger partial charge in [0.15, 0.2) is 0 Å². The second-order valence-corrected chi connectivity index (χ2v) is 6.06. The van der Waals surface area contributed by atoms with Crippen molar-refractivity contribution in [1.82, 2.24) is 5.01 Å². The number of carboxylic acids is 1. The first-order valence-corrected chi connectivity index (χ1v) is 8.76. The van der Waals surface area contributed by atoms with Crippen LogP contribution >= 0.6 is 0 Å². The van der Waals surface area contributed by atoms with Crippen LogP contribution in [-0.2, 0) is 4.79 Å². The molecule has 2 aromatic rings. The van der Waals surface area contributed by atoms with Gasteiger partial charge in [0, 0.05) is 18.7 Å². The Kier molecular flexibility index (Phi) is 6.14. The lowest BCUT2D eigenvalue weighted by molar-refractivity contribution is -0.307. The Morgan fingerprint density at radius 1 is 1.07 bits per heavy atom. The highest BCUT2D eigenvalue weighted by Gasteiger charge is 2.18. The van der Waals surface area contributed by atoms with E-state index in [-0.39, 0.29) is 0 Å². The Balaban J connectivity index is 1.60. The summed E-state index contributed by atoms with van der Waals surface area (Å²) < 4.78 is 10.7. The lowest BCUT2D eigenvalue weighted by Crippen LogP contribution is -2.44. The number of carbonyl (C=O) groups is 1. The van der Waals surface area contributed by atoms with Crippen molar-refractivity contribution in [3.05, 3.63) is 54.1 Å². The highest BCUT2D eigenvalue weighted by molar-refractivity contribution is 5.83. The van der Waals surface area contributed by atoms with E-state index in [1.165, 1.54) is 0 Å². The van der Waals surface area contributed by atoms with Crippen molar-refractivity contribution < 1.29 is 19.4 Å². The van der Waals surface area contributed by atoms with Crippen LogP contribution in [0.5, 0.6) is 11.5 Å². The van der Waals surface area contributed by atoms with E-state index < -0.39 is 12.6 Å². The van der Waals surface area contributed by atoms with Gasteiger partial charge in [0.25, 0.3) is 0 Å². The van der Waals surface area contributed by atoms with Gasteiger partial charge in [0.2, 0.25) is 0 Å². The normalized spacial score (nSPS) is 14.4. The maximum absolute atomic E-state index is 10.6. The predicted molar refractivity (Wildman–Crippen MR) is 101 cm³/mol. The molecule has 0 aromatic heterocycles. The van der Waals surface area contributed by atoms with Crippen molar-refractivity contribution in [3.63, 3.8) is 0 Å². The third-order valence-electron chi connectivity index (χ3n) is 4.31. The summed E-state index contributed by atoms with van der Waals surface area (Å²) in [5.74, 6) is 0.0840. The number of anilines is 1. The Hall–Kier alpha value is -3.22. The molecule has 27 heavy (non-hydrogen) atoms. The zero-order chi connectivity index (χ0) is 19.1. The number of ether oxygens (including phenoxy) is 2. The molecular formula is C20H22N3O4-. The maximum Gasteiger partial charge on any atom is 0.142 e. The molecule has 1 aliphatic rings. The number of carbonyl (C=O) groups excluding carboxylic acids is 1. The topological polar surface area (TPSA) is 77.4 Å². The lowest BCUT2D eigenvalue weighted by atomic mass is 10.2. The van der Waals surface area contributed by atoms with Crippen molar-refractivity contribution in [1.29, 1.82) is 0 Å². The zero-order valence-electron chi connectivity index (χ0n) is 15.2. The summed E-state index contributed by atoms with van der Waals surface area (Å²) in [6.07, 6.45) is 1.70. The molecule has 0 unspecified atom stereocenters. The van der Waals surface area contributed by atoms with Gasteiger partial charge in [0.05, 0.1) is 38.1 Å². The van der Waals surface area contributed by atoms with Crippen molar-refractivity contribution in [3.8, 4) is 11.5 Å². The first-order chi connectivity index (χ1) is 13.2. The quantitative estimate of drug-likeness (QED) is 0.678. The number of aliphatic carboxylic acids is 1. The highest BCUT2D eigenvalue weighted by atomic mass is 16.5. The summed E-state index contributed by atoms with van der Waals surface area (Å²) >= 11 is 0. The van der Waals surface area contributed by atoms with Crippen LogP contribution in [-0.4, -0.2) is 57.1 Å². The largest absolute Gasteiger partial charge is 0.546 e. The van der Waals surface area contributed by atoms with E-state index in [4.69, 9.17) is 9.47 Å². The van der Waals surface area contributed by atoms with E-state index in [9.17, 15) is 9.90 Å². The summed E-state index contributed by atoms with van der Waals surface area (Å²) in [5, 5.41) is 17.1. The van der Waals surface area contributed by atoms with Gasteiger partial charge in [-0.05, 0) is 24.3 Å². The predicted octanol–water partition coefficient (Wildman–Crippen LogP) is 0.980. The van der Waals surface area contributed by atoms with Gasteiger partial charge in [-0.3, -0.25) is 5.01 Å². The molecule has 1 saturated heterocycles. The molecule has 2 aromatic carbocycles. The molecule has 0 spiro atoms. The molecule has 1 fully saturated rings. The first-order valence-electron chi connectivity index (χ1n) is 8.76. The average Bonchev–Trinajstić information content (AvgIpc) is 2.71. The molecule has 0 amide bonds. The Labute approximate surface area is 158 Å². The number of hydrogen-bond acceptors (Lipinski definition) is 7. The minimum absolute atomic E-state index is 0.470. The highest BCUT2D eigenvalue weighted by Crippen LogP contribution is 2.28. The Morgan fingerprint density at radius 2 is 1.74 bits per heavy atom. The van der Waals surface area contributed by atoms with E-state index in [1.54, 1.807) is 25.5 Å². The SMILES string of the molecule is COc1ccccc1N1CCN(/N=C/c2ccccc2OCC(=O)[O-])CC1. The molecule has 0 N–H and O–H groups in total. The van der Waals surface area contributed by atoms with Crippen molar-refractivity contribution in [2.24, 2.45) is 5.10 Å². The van der Waals surface area contributed by atoms with E-state index in [2.05, 4.69) is 16.1 Å². The fraction of sp³-hybridized carbons (Fsp3) is 0.300. The second kappa shape index (κ2) is 8.93. The standard InChI is InChI=1S/C20H23N3O4/c1-26-19-9-5-3-7-17(19)22-10-12-23(13-11-22)21-14-16-6-2-4-8-18(16)27-15-20(24)25/h2-9,14H,10-13,15H2,1H3,(H,24,25)/p-1/b21-14+.